The van der Waals surface area contributed by atoms with Crippen LogP contribution in [-0.2, 0) is 11.1 Å². The first kappa shape index (κ1) is 8.28. The SMILES string of the molecule is O=S(O)c1ccnc2cccnc12. The maximum atomic E-state index is 10.9. The third-order valence-corrected chi connectivity index (χ3v) is 2.35. The molecule has 5 heteroatoms. The van der Waals surface area contributed by atoms with Gasteiger partial charge in [0.05, 0.1) is 10.4 Å². The molecular weight excluding hydrogens is 188 g/mol. The van der Waals surface area contributed by atoms with Crippen molar-refractivity contribution in [3.63, 3.8) is 0 Å². The van der Waals surface area contributed by atoms with Crippen molar-refractivity contribution in [1.29, 1.82) is 0 Å². The molecule has 2 aromatic heterocycles. The second-order valence-electron chi connectivity index (χ2n) is 2.43. The van der Waals surface area contributed by atoms with Gasteiger partial charge in [-0.05, 0) is 18.2 Å². The number of nitrogens with zero attached hydrogens (tertiary/aromatic N) is 2. The Hall–Kier alpha value is -1.33. The van der Waals surface area contributed by atoms with E-state index in [4.69, 9.17) is 4.55 Å². The summed E-state index contributed by atoms with van der Waals surface area (Å²) in [7, 11) is 0. The molecule has 0 spiro atoms. The van der Waals surface area contributed by atoms with E-state index in [2.05, 4.69) is 9.97 Å². The summed E-state index contributed by atoms with van der Waals surface area (Å²) in [5.74, 6) is 0. The van der Waals surface area contributed by atoms with E-state index in [9.17, 15) is 4.21 Å². The minimum Gasteiger partial charge on any atom is -0.302 e. The van der Waals surface area contributed by atoms with E-state index in [-0.39, 0.29) is 0 Å². The van der Waals surface area contributed by atoms with Crippen LogP contribution in [0.1, 0.15) is 0 Å². The van der Waals surface area contributed by atoms with Gasteiger partial charge in [0.1, 0.15) is 5.52 Å². The van der Waals surface area contributed by atoms with Crippen LogP contribution in [0.4, 0.5) is 0 Å². The summed E-state index contributed by atoms with van der Waals surface area (Å²) < 4.78 is 19.8. The lowest BCUT2D eigenvalue weighted by Gasteiger charge is -1.98. The molecule has 0 aliphatic heterocycles. The second kappa shape index (κ2) is 3.20. The fourth-order valence-corrected chi connectivity index (χ4v) is 1.60. The Balaban J connectivity index is 2.83. The first-order chi connectivity index (χ1) is 6.29. The van der Waals surface area contributed by atoms with Crippen molar-refractivity contribution in [2.45, 2.75) is 4.90 Å². The molecule has 0 saturated carbocycles. The molecule has 4 nitrogen and oxygen atoms in total. The largest absolute Gasteiger partial charge is 0.302 e. The standard InChI is InChI=1S/C8H6N2O2S/c11-13(12)7-3-5-9-6-2-1-4-10-8(6)7/h1-5H,(H,11,12). The lowest BCUT2D eigenvalue weighted by Crippen LogP contribution is -1.93. The number of hydrogen-bond acceptors (Lipinski definition) is 3. The van der Waals surface area contributed by atoms with Crippen LogP contribution >= 0.6 is 0 Å². The van der Waals surface area contributed by atoms with E-state index in [1.54, 1.807) is 18.3 Å². The summed E-state index contributed by atoms with van der Waals surface area (Å²) in [6.07, 6.45) is 3.06. The normalized spacial score (nSPS) is 13.0. The summed E-state index contributed by atoms with van der Waals surface area (Å²) in [5.41, 5.74) is 1.10. The zero-order valence-electron chi connectivity index (χ0n) is 6.54. The van der Waals surface area contributed by atoms with Crippen LogP contribution in [0.25, 0.3) is 11.0 Å². The predicted molar refractivity (Wildman–Crippen MR) is 48.6 cm³/mol. The zero-order chi connectivity index (χ0) is 9.26. The smallest absolute Gasteiger partial charge is 0.188 e. The van der Waals surface area contributed by atoms with Crippen LogP contribution in [0.5, 0.6) is 0 Å². The number of pyridine rings is 2. The molecule has 2 aromatic rings. The third kappa shape index (κ3) is 1.43. The minimum atomic E-state index is -2.01. The van der Waals surface area contributed by atoms with Gasteiger partial charge in [-0.25, -0.2) is 4.21 Å². The zero-order valence-corrected chi connectivity index (χ0v) is 7.36. The van der Waals surface area contributed by atoms with Gasteiger partial charge in [0.15, 0.2) is 11.1 Å². The van der Waals surface area contributed by atoms with E-state index in [1.807, 2.05) is 0 Å². The lowest BCUT2D eigenvalue weighted by atomic mass is 10.3. The molecule has 0 aromatic carbocycles. The van der Waals surface area contributed by atoms with Gasteiger partial charge >= 0.3 is 0 Å². The average molecular weight is 194 g/mol. The van der Waals surface area contributed by atoms with Crippen molar-refractivity contribution in [2.75, 3.05) is 0 Å². The Morgan fingerprint density at radius 2 is 2.08 bits per heavy atom. The highest BCUT2D eigenvalue weighted by Gasteiger charge is 2.06. The van der Waals surface area contributed by atoms with E-state index in [1.165, 1.54) is 12.3 Å². The topological polar surface area (TPSA) is 63.1 Å². The average Bonchev–Trinajstić information content (AvgIpc) is 2.17. The highest BCUT2D eigenvalue weighted by Crippen LogP contribution is 2.15. The Labute approximate surface area is 76.9 Å². The van der Waals surface area contributed by atoms with Crippen molar-refractivity contribution in [1.82, 2.24) is 9.97 Å². The molecule has 0 saturated heterocycles. The number of rotatable bonds is 1. The van der Waals surface area contributed by atoms with Crippen LogP contribution in [-0.4, -0.2) is 18.7 Å². The molecule has 1 N–H and O–H groups in total. The summed E-state index contributed by atoms with van der Waals surface area (Å²) >= 11 is -2.01. The highest BCUT2D eigenvalue weighted by molar-refractivity contribution is 7.79. The van der Waals surface area contributed by atoms with Crippen molar-refractivity contribution >= 4 is 22.1 Å². The summed E-state index contributed by atoms with van der Waals surface area (Å²) in [6.45, 7) is 0. The molecule has 0 aliphatic rings. The van der Waals surface area contributed by atoms with Crippen LogP contribution in [0.3, 0.4) is 0 Å². The van der Waals surface area contributed by atoms with Gasteiger partial charge in [-0.2, -0.15) is 0 Å². The number of aromatic nitrogens is 2. The van der Waals surface area contributed by atoms with E-state index < -0.39 is 11.1 Å². The molecule has 66 valence electrons. The minimum absolute atomic E-state index is 0.297. The second-order valence-corrected chi connectivity index (χ2v) is 3.37. The molecule has 1 atom stereocenters. The quantitative estimate of drug-likeness (QED) is 0.693. The first-order valence-electron chi connectivity index (χ1n) is 3.59. The molecule has 0 fully saturated rings. The van der Waals surface area contributed by atoms with Gasteiger partial charge in [-0.1, -0.05) is 0 Å². The molecule has 2 rings (SSSR count). The Bertz CT molecular complexity index is 467. The van der Waals surface area contributed by atoms with Crippen LogP contribution < -0.4 is 0 Å². The summed E-state index contributed by atoms with van der Waals surface area (Å²) in [4.78, 5) is 8.30. The van der Waals surface area contributed by atoms with Gasteiger partial charge in [0.2, 0.25) is 0 Å². The summed E-state index contributed by atoms with van der Waals surface area (Å²) in [5, 5.41) is 0. The van der Waals surface area contributed by atoms with Gasteiger partial charge < -0.3 is 4.55 Å². The Morgan fingerprint density at radius 3 is 2.85 bits per heavy atom. The molecule has 13 heavy (non-hydrogen) atoms. The maximum Gasteiger partial charge on any atom is 0.188 e. The van der Waals surface area contributed by atoms with Crippen LogP contribution in [0, 0.1) is 0 Å². The highest BCUT2D eigenvalue weighted by atomic mass is 32.2. The van der Waals surface area contributed by atoms with Gasteiger partial charge in [-0.3, -0.25) is 9.97 Å². The Morgan fingerprint density at radius 1 is 1.23 bits per heavy atom. The molecule has 0 bridgehead atoms. The molecule has 2 heterocycles. The van der Waals surface area contributed by atoms with Crippen LogP contribution in [0.15, 0.2) is 35.5 Å². The van der Waals surface area contributed by atoms with E-state index in [0.29, 0.717) is 15.9 Å². The third-order valence-electron chi connectivity index (χ3n) is 1.65. The van der Waals surface area contributed by atoms with Crippen molar-refractivity contribution < 1.29 is 8.76 Å². The lowest BCUT2D eigenvalue weighted by molar-refractivity contribution is 0.565. The number of hydrogen-bond donors (Lipinski definition) is 1. The van der Waals surface area contributed by atoms with E-state index >= 15 is 0 Å². The van der Waals surface area contributed by atoms with Crippen molar-refractivity contribution in [2.24, 2.45) is 0 Å². The van der Waals surface area contributed by atoms with Gasteiger partial charge in [-0.15, -0.1) is 0 Å². The maximum absolute atomic E-state index is 10.9. The van der Waals surface area contributed by atoms with Crippen LogP contribution in [0.2, 0.25) is 0 Å². The Kier molecular flexibility index (Phi) is 2.03. The summed E-state index contributed by atoms with van der Waals surface area (Å²) in [6, 6.07) is 4.98. The fraction of sp³-hybridized carbons (Fsp3) is 0. The molecule has 0 amide bonds. The van der Waals surface area contributed by atoms with E-state index in [0.717, 1.165) is 0 Å². The van der Waals surface area contributed by atoms with Crippen molar-refractivity contribution in [3.8, 4) is 0 Å². The van der Waals surface area contributed by atoms with Gasteiger partial charge in [0, 0.05) is 12.4 Å². The van der Waals surface area contributed by atoms with Gasteiger partial charge in [0.25, 0.3) is 0 Å². The first-order valence-corrected chi connectivity index (χ1v) is 4.70. The molecule has 0 aliphatic carbocycles. The predicted octanol–water partition coefficient (Wildman–Crippen LogP) is 1.21. The van der Waals surface area contributed by atoms with Crippen molar-refractivity contribution in [3.05, 3.63) is 30.6 Å². The molecule has 0 radical (unpaired) electrons. The fourth-order valence-electron chi connectivity index (χ4n) is 1.10. The molecular formula is C8H6N2O2S. The number of fused-ring (bicyclic) bond motifs is 1. The monoisotopic (exact) mass is 194 g/mol. The molecule has 1 unspecified atom stereocenters.